The third kappa shape index (κ3) is 5.99. The van der Waals surface area contributed by atoms with E-state index in [-0.39, 0.29) is 11.9 Å². The van der Waals surface area contributed by atoms with Crippen molar-refractivity contribution in [2.45, 2.75) is 64.7 Å². The van der Waals surface area contributed by atoms with Gasteiger partial charge in [-0.3, -0.25) is 9.79 Å². The van der Waals surface area contributed by atoms with Gasteiger partial charge in [-0.15, -0.1) is 0 Å². The van der Waals surface area contributed by atoms with E-state index >= 15 is 0 Å². The highest BCUT2D eigenvalue weighted by molar-refractivity contribution is 5.80. The summed E-state index contributed by atoms with van der Waals surface area (Å²) >= 11 is 0. The fourth-order valence-electron chi connectivity index (χ4n) is 3.99. The van der Waals surface area contributed by atoms with E-state index in [0.717, 1.165) is 44.4 Å². The summed E-state index contributed by atoms with van der Waals surface area (Å²) in [6.45, 7) is 5.11. The molecule has 1 saturated heterocycles. The van der Waals surface area contributed by atoms with Crippen molar-refractivity contribution in [3.05, 3.63) is 0 Å². The molecule has 2 fully saturated rings. The number of ether oxygens (including phenoxy) is 1. The summed E-state index contributed by atoms with van der Waals surface area (Å²) in [5.74, 6) is 1.96. The lowest BCUT2D eigenvalue weighted by molar-refractivity contribution is -0.149. The van der Waals surface area contributed by atoms with Gasteiger partial charge >= 0.3 is 5.97 Å². The van der Waals surface area contributed by atoms with E-state index in [1.54, 1.807) is 0 Å². The monoisotopic (exact) mass is 337 g/mol. The van der Waals surface area contributed by atoms with Crippen LogP contribution in [0.3, 0.4) is 0 Å². The van der Waals surface area contributed by atoms with Gasteiger partial charge in [0.05, 0.1) is 12.5 Å². The first-order chi connectivity index (χ1) is 11.7. The average molecular weight is 338 g/mol. The molecule has 0 aromatic carbocycles. The van der Waals surface area contributed by atoms with Crippen molar-refractivity contribution < 1.29 is 9.53 Å². The van der Waals surface area contributed by atoms with Crippen molar-refractivity contribution in [1.29, 1.82) is 0 Å². The van der Waals surface area contributed by atoms with Crippen LogP contribution in [0.15, 0.2) is 4.99 Å². The Hall–Kier alpha value is -1.26. The topological polar surface area (TPSA) is 53.9 Å². The molecule has 2 aliphatic rings. The van der Waals surface area contributed by atoms with Crippen molar-refractivity contribution in [1.82, 2.24) is 10.2 Å². The molecule has 138 valence electrons. The first kappa shape index (κ1) is 19.1. The van der Waals surface area contributed by atoms with Gasteiger partial charge in [-0.05, 0) is 38.5 Å². The molecular weight excluding hydrogens is 302 g/mol. The zero-order valence-electron chi connectivity index (χ0n) is 15.6. The maximum atomic E-state index is 11.8. The molecule has 1 aliphatic carbocycles. The minimum atomic E-state index is -0.0346. The summed E-state index contributed by atoms with van der Waals surface area (Å²) in [5.41, 5.74) is 0. The lowest BCUT2D eigenvalue weighted by Gasteiger charge is -2.33. The van der Waals surface area contributed by atoms with Crippen molar-refractivity contribution in [2.24, 2.45) is 16.8 Å². The first-order valence-electron chi connectivity index (χ1n) is 9.86. The second-order valence-corrected chi connectivity index (χ2v) is 7.13. The molecule has 5 heteroatoms. The van der Waals surface area contributed by atoms with Gasteiger partial charge in [0.2, 0.25) is 0 Å². The number of hydrogen-bond donors (Lipinski definition) is 1. The van der Waals surface area contributed by atoms with Crippen LogP contribution in [0.1, 0.15) is 64.7 Å². The number of guanidine groups is 1. The Balaban J connectivity index is 1.64. The number of hydrogen-bond acceptors (Lipinski definition) is 3. The summed E-state index contributed by atoms with van der Waals surface area (Å²) in [5, 5.41) is 3.51. The van der Waals surface area contributed by atoms with Gasteiger partial charge in [0.15, 0.2) is 5.96 Å². The van der Waals surface area contributed by atoms with Crippen LogP contribution in [0.25, 0.3) is 0 Å². The number of carbonyl (C=O) groups is 1. The molecule has 0 bridgehead atoms. The van der Waals surface area contributed by atoms with Crippen LogP contribution < -0.4 is 5.32 Å². The average Bonchev–Trinajstić information content (AvgIpc) is 2.63. The van der Waals surface area contributed by atoms with Crippen molar-refractivity contribution in [2.75, 3.05) is 33.3 Å². The predicted octanol–water partition coefficient (Wildman–Crippen LogP) is 3.20. The number of likely N-dealkylation sites (tertiary alicyclic amines) is 1. The molecule has 2 rings (SSSR count). The highest BCUT2D eigenvalue weighted by Gasteiger charge is 2.27. The second kappa shape index (κ2) is 10.6. The van der Waals surface area contributed by atoms with Crippen molar-refractivity contribution >= 4 is 11.9 Å². The molecule has 1 saturated carbocycles. The Bertz CT molecular complexity index is 397. The Kier molecular flexibility index (Phi) is 8.40. The zero-order chi connectivity index (χ0) is 17.2. The van der Waals surface area contributed by atoms with E-state index in [4.69, 9.17) is 4.74 Å². The van der Waals surface area contributed by atoms with Crippen LogP contribution in [0.4, 0.5) is 0 Å². The fourth-order valence-corrected chi connectivity index (χ4v) is 3.99. The maximum Gasteiger partial charge on any atom is 0.309 e. The quantitative estimate of drug-likeness (QED) is 0.350. The molecule has 0 aromatic heterocycles. The van der Waals surface area contributed by atoms with Crippen LogP contribution in [-0.2, 0) is 9.53 Å². The van der Waals surface area contributed by atoms with Gasteiger partial charge < -0.3 is 15.0 Å². The first-order valence-corrected chi connectivity index (χ1v) is 9.86. The Morgan fingerprint density at radius 2 is 1.88 bits per heavy atom. The van der Waals surface area contributed by atoms with Gasteiger partial charge in [-0.2, -0.15) is 0 Å². The summed E-state index contributed by atoms with van der Waals surface area (Å²) in [6, 6.07) is 0. The Morgan fingerprint density at radius 1 is 1.17 bits per heavy atom. The van der Waals surface area contributed by atoms with E-state index in [1.807, 2.05) is 14.0 Å². The standard InChI is InChI=1S/C19H35N3O2/c1-3-24-18(23)17-11-14-22(15-12-17)19(20-2)21-13-7-10-16-8-5-4-6-9-16/h16-17H,3-15H2,1-2H3,(H,20,21). The number of nitrogens with one attached hydrogen (secondary N) is 1. The highest BCUT2D eigenvalue weighted by Crippen LogP contribution is 2.27. The molecule has 1 aliphatic heterocycles. The van der Waals surface area contributed by atoms with Crippen LogP contribution in [0.5, 0.6) is 0 Å². The third-order valence-electron chi connectivity index (χ3n) is 5.42. The molecule has 1 N–H and O–H groups in total. The van der Waals surface area contributed by atoms with E-state index in [1.165, 1.54) is 44.9 Å². The largest absolute Gasteiger partial charge is 0.466 e. The van der Waals surface area contributed by atoms with Crippen LogP contribution in [0, 0.1) is 11.8 Å². The highest BCUT2D eigenvalue weighted by atomic mass is 16.5. The van der Waals surface area contributed by atoms with Crippen molar-refractivity contribution in [3.63, 3.8) is 0 Å². The molecule has 0 amide bonds. The second-order valence-electron chi connectivity index (χ2n) is 7.13. The van der Waals surface area contributed by atoms with Gasteiger partial charge in [-0.1, -0.05) is 32.1 Å². The number of carbonyl (C=O) groups excluding carboxylic acids is 1. The van der Waals surface area contributed by atoms with E-state index in [0.29, 0.717) is 6.61 Å². The molecule has 1 heterocycles. The molecule has 0 radical (unpaired) electrons. The summed E-state index contributed by atoms with van der Waals surface area (Å²) < 4.78 is 5.14. The van der Waals surface area contributed by atoms with E-state index in [9.17, 15) is 4.79 Å². The molecule has 0 aromatic rings. The van der Waals surface area contributed by atoms with Gasteiger partial charge in [0.1, 0.15) is 0 Å². The smallest absolute Gasteiger partial charge is 0.309 e. The third-order valence-corrected chi connectivity index (χ3v) is 5.42. The van der Waals surface area contributed by atoms with Crippen LogP contribution in [-0.4, -0.2) is 50.1 Å². The maximum absolute atomic E-state index is 11.8. The number of rotatable bonds is 6. The van der Waals surface area contributed by atoms with Gasteiger partial charge in [-0.25, -0.2) is 0 Å². The summed E-state index contributed by atoms with van der Waals surface area (Å²) in [7, 11) is 1.85. The zero-order valence-corrected chi connectivity index (χ0v) is 15.6. The molecule has 5 nitrogen and oxygen atoms in total. The lowest BCUT2D eigenvalue weighted by Crippen LogP contribution is -2.47. The molecular formula is C19H35N3O2. The minimum absolute atomic E-state index is 0.0346. The summed E-state index contributed by atoms with van der Waals surface area (Å²) in [4.78, 5) is 18.5. The lowest BCUT2D eigenvalue weighted by atomic mass is 9.86. The Morgan fingerprint density at radius 3 is 2.50 bits per heavy atom. The van der Waals surface area contributed by atoms with Crippen LogP contribution >= 0.6 is 0 Å². The fraction of sp³-hybridized carbons (Fsp3) is 0.895. The normalized spacial score (nSPS) is 20.9. The predicted molar refractivity (Wildman–Crippen MR) is 98.1 cm³/mol. The molecule has 24 heavy (non-hydrogen) atoms. The number of nitrogens with zero attached hydrogens (tertiary/aromatic N) is 2. The minimum Gasteiger partial charge on any atom is -0.466 e. The number of aliphatic imine (C=N–C) groups is 1. The number of esters is 1. The Labute approximate surface area is 147 Å². The summed E-state index contributed by atoms with van der Waals surface area (Å²) in [6.07, 6.45) is 11.4. The van der Waals surface area contributed by atoms with Gasteiger partial charge in [0.25, 0.3) is 0 Å². The molecule has 0 atom stereocenters. The van der Waals surface area contributed by atoms with Gasteiger partial charge in [0, 0.05) is 26.7 Å². The van der Waals surface area contributed by atoms with Crippen molar-refractivity contribution in [3.8, 4) is 0 Å². The molecule has 0 spiro atoms. The SMILES string of the molecule is CCOC(=O)C1CCN(C(=NC)NCCCC2CCCCC2)CC1. The molecule has 0 unspecified atom stereocenters. The van der Waals surface area contributed by atoms with E-state index < -0.39 is 0 Å². The van der Waals surface area contributed by atoms with Crippen LogP contribution in [0.2, 0.25) is 0 Å². The van der Waals surface area contributed by atoms with E-state index in [2.05, 4.69) is 15.2 Å². The number of piperidine rings is 1.